The van der Waals surface area contributed by atoms with E-state index in [9.17, 15) is 4.79 Å². The Balaban J connectivity index is 2.13. The second-order valence-electron chi connectivity index (χ2n) is 4.09. The predicted molar refractivity (Wildman–Crippen MR) is 73.2 cm³/mol. The van der Waals surface area contributed by atoms with Crippen molar-refractivity contribution in [3.05, 3.63) is 70.9 Å². The maximum Gasteiger partial charge on any atom is 0.195 e. The maximum atomic E-state index is 12.4. The lowest BCUT2D eigenvalue weighted by Gasteiger charge is -1.99. The van der Waals surface area contributed by atoms with E-state index in [1.54, 1.807) is 12.3 Å². The number of hydrogen-bond acceptors (Lipinski definition) is 1. The van der Waals surface area contributed by atoms with Crippen molar-refractivity contribution in [1.29, 1.82) is 0 Å². The van der Waals surface area contributed by atoms with Crippen LogP contribution in [0.4, 0.5) is 0 Å². The summed E-state index contributed by atoms with van der Waals surface area (Å²) in [4.78, 5) is 15.4. The van der Waals surface area contributed by atoms with Crippen LogP contribution in [0.25, 0.3) is 10.9 Å². The van der Waals surface area contributed by atoms with Crippen molar-refractivity contribution in [2.24, 2.45) is 0 Å². The van der Waals surface area contributed by atoms with Gasteiger partial charge in [0, 0.05) is 33.2 Å². The average Bonchev–Trinajstić information content (AvgIpc) is 2.81. The molecule has 2 nitrogen and oxygen atoms in total. The van der Waals surface area contributed by atoms with Crippen molar-refractivity contribution < 1.29 is 4.79 Å². The first-order valence-electron chi connectivity index (χ1n) is 5.62. The van der Waals surface area contributed by atoms with Gasteiger partial charge in [-0.15, -0.1) is 0 Å². The van der Waals surface area contributed by atoms with E-state index in [4.69, 9.17) is 11.6 Å². The maximum absolute atomic E-state index is 12.4. The van der Waals surface area contributed by atoms with Crippen molar-refractivity contribution >= 4 is 28.3 Å². The van der Waals surface area contributed by atoms with Gasteiger partial charge in [-0.2, -0.15) is 0 Å². The smallest absolute Gasteiger partial charge is 0.195 e. The SMILES string of the molecule is O=C(c1ccccc1)c1c[nH]c2cc(Cl)ccc12. The number of carbonyl (C=O) groups is 1. The number of nitrogens with one attached hydrogen (secondary N) is 1. The molecule has 18 heavy (non-hydrogen) atoms. The van der Waals surface area contributed by atoms with Crippen molar-refractivity contribution in [2.75, 3.05) is 0 Å². The minimum absolute atomic E-state index is 0.0178. The van der Waals surface area contributed by atoms with Crippen molar-refractivity contribution in [3.63, 3.8) is 0 Å². The number of benzene rings is 2. The van der Waals surface area contributed by atoms with Gasteiger partial charge in [-0.25, -0.2) is 0 Å². The Bertz CT molecular complexity index is 716. The molecule has 0 saturated carbocycles. The Kier molecular flexibility index (Phi) is 2.65. The van der Waals surface area contributed by atoms with Crippen LogP contribution in [0.2, 0.25) is 5.02 Å². The van der Waals surface area contributed by atoms with Gasteiger partial charge >= 0.3 is 0 Å². The highest BCUT2D eigenvalue weighted by molar-refractivity contribution is 6.31. The van der Waals surface area contributed by atoms with E-state index in [1.165, 1.54) is 0 Å². The van der Waals surface area contributed by atoms with Crippen LogP contribution in [-0.2, 0) is 0 Å². The third-order valence-electron chi connectivity index (χ3n) is 2.92. The van der Waals surface area contributed by atoms with Crippen molar-refractivity contribution in [1.82, 2.24) is 4.98 Å². The first kappa shape index (κ1) is 11.1. The number of fused-ring (bicyclic) bond motifs is 1. The van der Waals surface area contributed by atoms with Gasteiger partial charge in [0.15, 0.2) is 5.78 Å². The zero-order chi connectivity index (χ0) is 12.5. The molecule has 0 atom stereocenters. The lowest BCUT2D eigenvalue weighted by molar-refractivity contribution is 0.104. The predicted octanol–water partition coefficient (Wildman–Crippen LogP) is 4.05. The van der Waals surface area contributed by atoms with Crippen molar-refractivity contribution in [3.8, 4) is 0 Å². The summed E-state index contributed by atoms with van der Waals surface area (Å²) in [6.45, 7) is 0. The number of ketones is 1. The number of rotatable bonds is 2. The summed E-state index contributed by atoms with van der Waals surface area (Å²) >= 11 is 5.92. The molecule has 0 aliphatic rings. The van der Waals surface area contributed by atoms with Crippen LogP contribution in [0.5, 0.6) is 0 Å². The largest absolute Gasteiger partial charge is 0.360 e. The molecule has 0 unspecified atom stereocenters. The first-order valence-corrected chi connectivity index (χ1v) is 6.00. The fraction of sp³-hybridized carbons (Fsp3) is 0. The number of aromatic nitrogens is 1. The summed E-state index contributed by atoms with van der Waals surface area (Å²) < 4.78 is 0. The molecule has 0 amide bonds. The second-order valence-corrected chi connectivity index (χ2v) is 4.52. The molecule has 0 radical (unpaired) electrons. The summed E-state index contributed by atoms with van der Waals surface area (Å²) in [6, 6.07) is 14.7. The van der Waals surface area contributed by atoms with Gasteiger partial charge < -0.3 is 4.98 Å². The quantitative estimate of drug-likeness (QED) is 0.689. The monoisotopic (exact) mass is 255 g/mol. The molecule has 0 saturated heterocycles. The molecule has 0 aliphatic carbocycles. The highest BCUT2D eigenvalue weighted by Crippen LogP contribution is 2.23. The Morgan fingerprint density at radius 1 is 1.06 bits per heavy atom. The van der Waals surface area contributed by atoms with Gasteiger partial charge in [-0.3, -0.25) is 4.79 Å². The van der Waals surface area contributed by atoms with Crippen LogP contribution in [-0.4, -0.2) is 10.8 Å². The van der Waals surface area contributed by atoms with Gasteiger partial charge in [0.1, 0.15) is 0 Å². The fourth-order valence-electron chi connectivity index (χ4n) is 2.03. The molecule has 0 aliphatic heterocycles. The minimum Gasteiger partial charge on any atom is -0.360 e. The molecule has 0 bridgehead atoms. The lowest BCUT2D eigenvalue weighted by atomic mass is 10.0. The molecule has 1 N–H and O–H groups in total. The highest BCUT2D eigenvalue weighted by Gasteiger charge is 2.13. The second kappa shape index (κ2) is 4.31. The molecule has 1 heterocycles. The van der Waals surface area contributed by atoms with E-state index in [0.717, 1.165) is 10.9 Å². The number of aromatic amines is 1. The summed E-state index contributed by atoms with van der Waals surface area (Å²) in [5, 5.41) is 1.55. The van der Waals surface area contributed by atoms with Gasteiger partial charge in [-0.05, 0) is 12.1 Å². The topological polar surface area (TPSA) is 32.9 Å². The number of hydrogen-bond donors (Lipinski definition) is 1. The molecular formula is C15H10ClNO. The summed E-state index contributed by atoms with van der Waals surface area (Å²) in [5.41, 5.74) is 2.24. The van der Waals surface area contributed by atoms with Crippen LogP contribution >= 0.6 is 11.6 Å². The number of H-pyrrole nitrogens is 1. The lowest BCUT2D eigenvalue weighted by Crippen LogP contribution is -1.99. The molecule has 3 aromatic rings. The van der Waals surface area contributed by atoms with Crippen LogP contribution in [0.1, 0.15) is 15.9 Å². The van der Waals surface area contributed by atoms with Crippen molar-refractivity contribution in [2.45, 2.75) is 0 Å². The Morgan fingerprint density at radius 3 is 2.61 bits per heavy atom. The normalized spacial score (nSPS) is 10.7. The average molecular weight is 256 g/mol. The highest BCUT2D eigenvalue weighted by atomic mass is 35.5. The third kappa shape index (κ3) is 1.81. The Hall–Kier alpha value is -2.06. The number of halogens is 1. The van der Waals surface area contributed by atoms with Gasteiger partial charge in [0.25, 0.3) is 0 Å². The van der Waals surface area contributed by atoms with E-state index in [1.807, 2.05) is 42.5 Å². The van der Waals surface area contributed by atoms with Gasteiger partial charge in [-0.1, -0.05) is 48.0 Å². The summed E-state index contributed by atoms with van der Waals surface area (Å²) in [7, 11) is 0. The van der Waals surface area contributed by atoms with Crippen LogP contribution < -0.4 is 0 Å². The van der Waals surface area contributed by atoms with Crippen LogP contribution in [0, 0.1) is 0 Å². The summed E-state index contributed by atoms with van der Waals surface area (Å²) in [5.74, 6) is 0.0178. The standard InChI is InChI=1S/C15H10ClNO/c16-11-6-7-12-13(9-17-14(12)8-11)15(18)10-4-2-1-3-5-10/h1-9,17H. The molecule has 0 spiro atoms. The van der Waals surface area contributed by atoms with E-state index in [2.05, 4.69) is 4.98 Å². The molecule has 0 fully saturated rings. The summed E-state index contributed by atoms with van der Waals surface area (Å²) in [6.07, 6.45) is 1.73. The Labute approximate surface area is 109 Å². The van der Waals surface area contributed by atoms with E-state index < -0.39 is 0 Å². The Morgan fingerprint density at radius 2 is 1.83 bits per heavy atom. The zero-order valence-electron chi connectivity index (χ0n) is 9.48. The van der Waals surface area contributed by atoms with Crippen LogP contribution in [0.15, 0.2) is 54.7 Å². The third-order valence-corrected chi connectivity index (χ3v) is 3.16. The molecular weight excluding hydrogens is 246 g/mol. The zero-order valence-corrected chi connectivity index (χ0v) is 10.2. The fourth-order valence-corrected chi connectivity index (χ4v) is 2.20. The molecule has 88 valence electrons. The molecule has 3 rings (SSSR count). The molecule has 1 aromatic heterocycles. The number of carbonyl (C=O) groups excluding carboxylic acids is 1. The first-order chi connectivity index (χ1) is 8.75. The minimum atomic E-state index is 0.0178. The van der Waals surface area contributed by atoms with Gasteiger partial charge in [0.2, 0.25) is 0 Å². The van der Waals surface area contributed by atoms with Crippen LogP contribution in [0.3, 0.4) is 0 Å². The van der Waals surface area contributed by atoms with E-state index >= 15 is 0 Å². The van der Waals surface area contributed by atoms with Gasteiger partial charge in [0.05, 0.1) is 0 Å². The molecule has 3 heteroatoms. The van der Waals surface area contributed by atoms with E-state index in [0.29, 0.717) is 16.1 Å². The molecule has 2 aromatic carbocycles. The van der Waals surface area contributed by atoms with E-state index in [-0.39, 0.29) is 5.78 Å².